The Morgan fingerprint density at radius 2 is 2.17 bits per heavy atom. The van der Waals surface area contributed by atoms with Crippen LogP contribution in [-0.4, -0.2) is 27.5 Å². The second-order valence-corrected chi connectivity index (χ2v) is 5.22. The van der Waals surface area contributed by atoms with Gasteiger partial charge in [-0.3, -0.25) is 0 Å². The molecule has 2 aromatic rings. The summed E-state index contributed by atoms with van der Waals surface area (Å²) in [6.07, 6.45) is 4.10. The Morgan fingerprint density at radius 3 is 2.89 bits per heavy atom. The van der Waals surface area contributed by atoms with E-state index in [2.05, 4.69) is 26.8 Å². The van der Waals surface area contributed by atoms with Crippen LogP contribution in [0.5, 0.6) is 0 Å². The minimum Gasteiger partial charge on any atom is -0.354 e. The molecule has 18 heavy (non-hydrogen) atoms. The minimum atomic E-state index is 0.150. The van der Waals surface area contributed by atoms with Crippen molar-refractivity contribution in [1.82, 2.24) is 15.0 Å². The molecule has 0 amide bonds. The highest BCUT2D eigenvalue weighted by Crippen LogP contribution is 2.28. The van der Waals surface area contributed by atoms with E-state index >= 15 is 0 Å². The van der Waals surface area contributed by atoms with Crippen LogP contribution >= 0.6 is 23.2 Å². The molecule has 0 N–H and O–H groups in total. The molecule has 94 valence electrons. The summed E-state index contributed by atoms with van der Waals surface area (Å²) < 4.78 is 0. The number of hydrogen-bond donors (Lipinski definition) is 0. The third-order valence-corrected chi connectivity index (χ3v) is 3.80. The van der Waals surface area contributed by atoms with Gasteiger partial charge in [-0.25, -0.2) is 15.0 Å². The summed E-state index contributed by atoms with van der Waals surface area (Å²) in [5.41, 5.74) is 0.676. The third kappa shape index (κ3) is 1.99. The van der Waals surface area contributed by atoms with E-state index in [4.69, 9.17) is 23.2 Å². The van der Waals surface area contributed by atoms with Crippen molar-refractivity contribution in [1.29, 1.82) is 0 Å². The lowest BCUT2D eigenvalue weighted by atomic mass is 10.2. The highest BCUT2D eigenvalue weighted by Gasteiger charge is 2.22. The predicted octanol–water partition coefficient (Wildman–Crippen LogP) is 3.32. The van der Waals surface area contributed by atoms with Crippen LogP contribution in [0.1, 0.15) is 19.8 Å². The average molecular weight is 283 g/mol. The summed E-state index contributed by atoms with van der Waals surface area (Å²) in [5, 5.41) is 1.32. The maximum atomic E-state index is 6.10. The Hall–Kier alpha value is -1.13. The van der Waals surface area contributed by atoms with Crippen molar-refractivity contribution in [2.75, 3.05) is 11.4 Å². The van der Waals surface area contributed by atoms with Gasteiger partial charge in [-0.1, -0.05) is 11.6 Å². The van der Waals surface area contributed by atoms with Crippen molar-refractivity contribution < 1.29 is 0 Å². The molecule has 1 fully saturated rings. The Bertz CT molecular complexity index is 602. The van der Waals surface area contributed by atoms with Crippen LogP contribution in [-0.2, 0) is 0 Å². The first-order valence-corrected chi connectivity index (χ1v) is 6.66. The van der Waals surface area contributed by atoms with Gasteiger partial charge in [0.05, 0.1) is 11.7 Å². The lowest BCUT2D eigenvalue weighted by molar-refractivity contribution is 0.728. The van der Waals surface area contributed by atoms with E-state index in [1.807, 2.05) is 6.07 Å². The number of nitrogens with zero attached hydrogens (tertiary/aromatic N) is 4. The zero-order valence-corrected chi connectivity index (χ0v) is 11.4. The highest BCUT2D eigenvalue weighted by atomic mass is 35.5. The number of anilines is 1. The molecule has 3 heterocycles. The predicted molar refractivity (Wildman–Crippen MR) is 73.4 cm³/mol. The first kappa shape index (κ1) is 11.9. The molecule has 0 unspecified atom stereocenters. The van der Waals surface area contributed by atoms with E-state index in [-0.39, 0.29) is 5.28 Å². The second-order valence-electron chi connectivity index (χ2n) is 4.53. The summed E-state index contributed by atoms with van der Waals surface area (Å²) in [4.78, 5) is 14.8. The third-order valence-electron chi connectivity index (χ3n) is 3.34. The maximum Gasteiger partial charge on any atom is 0.224 e. The Balaban J connectivity index is 2.10. The number of pyridine rings is 1. The van der Waals surface area contributed by atoms with Crippen LogP contribution in [0.4, 0.5) is 5.82 Å². The van der Waals surface area contributed by atoms with Crippen LogP contribution in [0.2, 0.25) is 10.4 Å². The summed E-state index contributed by atoms with van der Waals surface area (Å²) in [7, 11) is 0. The van der Waals surface area contributed by atoms with Gasteiger partial charge in [0, 0.05) is 18.0 Å². The molecule has 1 aliphatic heterocycles. The fourth-order valence-corrected chi connectivity index (χ4v) is 2.84. The van der Waals surface area contributed by atoms with Gasteiger partial charge in [0.15, 0.2) is 0 Å². The van der Waals surface area contributed by atoms with Crippen molar-refractivity contribution in [2.24, 2.45) is 0 Å². The fourth-order valence-electron chi connectivity index (χ4n) is 2.39. The molecular weight excluding hydrogens is 271 g/mol. The monoisotopic (exact) mass is 282 g/mol. The van der Waals surface area contributed by atoms with Gasteiger partial charge in [0.25, 0.3) is 0 Å². The largest absolute Gasteiger partial charge is 0.354 e. The van der Waals surface area contributed by atoms with Crippen LogP contribution in [0.15, 0.2) is 12.3 Å². The first-order chi connectivity index (χ1) is 8.65. The molecule has 1 atom stereocenters. The van der Waals surface area contributed by atoms with E-state index in [0.29, 0.717) is 16.7 Å². The van der Waals surface area contributed by atoms with E-state index in [1.54, 1.807) is 6.20 Å². The molecule has 0 aliphatic carbocycles. The highest BCUT2D eigenvalue weighted by molar-refractivity contribution is 6.35. The summed E-state index contributed by atoms with van der Waals surface area (Å²) in [5.74, 6) is 0.931. The zero-order chi connectivity index (χ0) is 12.7. The smallest absolute Gasteiger partial charge is 0.224 e. The van der Waals surface area contributed by atoms with Crippen molar-refractivity contribution in [3.05, 3.63) is 22.7 Å². The van der Waals surface area contributed by atoms with Crippen molar-refractivity contribution in [3.8, 4) is 0 Å². The number of fused-ring (bicyclic) bond motifs is 1. The quantitative estimate of drug-likeness (QED) is 0.594. The van der Waals surface area contributed by atoms with Crippen LogP contribution in [0.25, 0.3) is 10.9 Å². The molecule has 4 nitrogen and oxygen atoms in total. The standard InChI is InChI=1S/C12H12Cl2N4/c1-7-3-2-4-18(7)10-5-8-9(6-15-10)16-12(14)17-11(8)13/h5-7H,2-4H2,1H3/t7-/m1/s1. The zero-order valence-electron chi connectivity index (χ0n) is 9.90. The van der Waals surface area contributed by atoms with Crippen molar-refractivity contribution in [3.63, 3.8) is 0 Å². The molecule has 3 rings (SSSR count). The molecule has 1 aliphatic rings. The molecule has 0 saturated carbocycles. The molecule has 0 radical (unpaired) electrons. The number of aromatic nitrogens is 3. The van der Waals surface area contributed by atoms with E-state index in [9.17, 15) is 0 Å². The van der Waals surface area contributed by atoms with Crippen molar-refractivity contribution in [2.45, 2.75) is 25.8 Å². The average Bonchev–Trinajstić information content (AvgIpc) is 2.75. The molecule has 6 heteroatoms. The van der Waals surface area contributed by atoms with Gasteiger partial charge in [0.1, 0.15) is 11.0 Å². The topological polar surface area (TPSA) is 41.9 Å². The van der Waals surface area contributed by atoms with Crippen LogP contribution in [0, 0.1) is 0 Å². The van der Waals surface area contributed by atoms with E-state index < -0.39 is 0 Å². The Labute approximate surface area is 115 Å². The molecule has 1 saturated heterocycles. The van der Waals surface area contributed by atoms with Gasteiger partial charge < -0.3 is 4.90 Å². The molecule has 0 aromatic carbocycles. The Kier molecular flexibility index (Phi) is 2.99. The van der Waals surface area contributed by atoms with E-state index in [1.165, 1.54) is 12.8 Å². The first-order valence-electron chi connectivity index (χ1n) is 5.90. The van der Waals surface area contributed by atoms with Crippen LogP contribution < -0.4 is 4.90 Å². The summed E-state index contributed by atoms with van der Waals surface area (Å²) in [6, 6.07) is 2.46. The van der Waals surface area contributed by atoms with Gasteiger partial charge >= 0.3 is 0 Å². The minimum absolute atomic E-state index is 0.150. The van der Waals surface area contributed by atoms with E-state index in [0.717, 1.165) is 17.7 Å². The SMILES string of the molecule is C[C@@H]1CCCN1c1cc2c(Cl)nc(Cl)nc2cn1. The lowest BCUT2D eigenvalue weighted by Gasteiger charge is -2.22. The fraction of sp³-hybridized carbons (Fsp3) is 0.417. The molecule has 2 aromatic heterocycles. The number of hydrogen-bond acceptors (Lipinski definition) is 4. The lowest BCUT2D eigenvalue weighted by Crippen LogP contribution is -2.27. The normalized spacial score (nSPS) is 19.7. The van der Waals surface area contributed by atoms with Crippen molar-refractivity contribution >= 4 is 39.9 Å². The van der Waals surface area contributed by atoms with Gasteiger partial charge in [-0.05, 0) is 37.4 Å². The Morgan fingerprint density at radius 1 is 1.33 bits per heavy atom. The van der Waals surface area contributed by atoms with Gasteiger partial charge in [-0.2, -0.15) is 0 Å². The molecular formula is C12H12Cl2N4. The second kappa shape index (κ2) is 4.52. The van der Waals surface area contributed by atoms with Crippen LogP contribution in [0.3, 0.4) is 0 Å². The molecule has 0 bridgehead atoms. The van der Waals surface area contributed by atoms with Gasteiger partial charge in [0.2, 0.25) is 5.28 Å². The number of halogens is 2. The molecule has 0 spiro atoms. The summed E-state index contributed by atoms with van der Waals surface area (Å²) in [6.45, 7) is 3.24. The number of rotatable bonds is 1. The maximum absolute atomic E-state index is 6.10. The van der Waals surface area contributed by atoms with Gasteiger partial charge in [-0.15, -0.1) is 0 Å². The summed E-state index contributed by atoms with van der Waals surface area (Å²) >= 11 is 11.9.